The summed E-state index contributed by atoms with van der Waals surface area (Å²) in [6.07, 6.45) is 1.79. The topological polar surface area (TPSA) is 41.1 Å². The van der Waals surface area contributed by atoms with Crippen molar-refractivity contribution in [3.05, 3.63) is 34.9 Å². The first-order valence-corrected chi connectivity index (χ1v) is 7.22. The molecule has 0 spiro atoms. The number of carbonyl (C=O) groups is 1. The molecule has 2 N–H and O–H groups in total. The second-order valence-corrected chi connectivity index (χ2v) is 5.74. The van der Waals surface area contributed by atoms with Gasteiger partial charge in [-0.3, -0.25) is 4.79 Å². The lowest BCUT2D eigenvalue weighted by atomic mass is 9.83. The first-order valence-electron chi connectivity index (χ1n) is 6.84. The van der Waals surface area contributed by atoms with Crippen molar-refractivity contribution in [3.63, 3.8) is 0 Å². The average molecular weight is 281 g/mol. The summed E-state index contributed by atoms with van der Waals surface area (Å²) in [7, 11) is 0. The number of halogens is 1. The van der Waals surface area contributed by atoms with Crippen LogP contribution in [-0.4, -0.2) is 19.0 Å². The van der Waals surface area contributed by atoms with Crippen molar-refractivity contribution in [1.29, 1.82) is 0 Å². The molecule has 0 aromatic heterocycles. The maximum absolute atomic E-state index is 12.5. The molecule has 0 saturated carbocycles. The Bertz CT molecular complexity index is 438. The van der Waals surface area contributed by atoms with E-state index in [-0.39, 0.29) is 17.4 Å². The van der Waals surface area contributed by atoms with Crippen LogP contribution in [0.25, 0.3) is 0 Å². The van der Waals surface area contributed by atoms with Crippen LogP contribution >= 0.6 is 11.6 Å². The van der Waals surface area contributed by atoms with Crippen molar-refractivity contribution < 1.29 is 4.79 Å². The molecule has 1 amide bonds. The summed E-state index contributed by atoms with van der Waals surface area (Å²) in [6, 6.07) is 7.63. The number of nitrogens with one attached hydrogen (secondary N) is 2. The Morgan fingerprint density at radius 1 is 1.47 bits per heavy atom. The third-order valence-electron chi connectivity index (χ3n) is 4.12. The van der Waals surface area contributed by atoms with E-state index in [9.17, 15) is 4.79 Å². The van der Waals surface area contributed by atoms with E-state index in [4.69, 9.17) is 11.6 Å². The fourth-order valence-electron chi connectivity index (χ4n) is 2.58. The highest BCUT2D eigenvalue weighted by molar-refractivity contribution is 6.30. The number of amides is 1. The van der Waals surface area contributed by atoms with Gasteiger partial charge in [0, 0.05) is 11.6 Å². The van der Waals surface area contributed by atoms with Gasteiger partial charge in [-0.25, -0.2) is 0 Å². The van der Waals surface area contributed by atoms with Crippen molar-refractivity contribution in [2.24, 2.45) is 5.41 Å². The lowest BCUT2D eigenvalue weighted by Gasteiger charge is -2.27. The van der Waals surface area contributed by atoms with Crippen LogP contribution in [0.2, 0.25) is 5.02 Å². The highest BCUT2D eigenvalue weighted by atomic mass is 35.5. The Morgan fingerprint density at radius 2 is 2.16 bits per heavy atom. The zero-order valence-electron chi connectivity index (χ0n) is 11.5. The largest absolute Gasteiger partial charge is 0.349 e. The van der Waals surface area contributed by atoms with Gasteiger partial charge in [0.25, 0.3) is 0 Å². The quantitative estimate of drug-likeness (QED) is 0.890. The van der Waals surface area contributed by atoms with E-state index in [2.05, 4.69) is 17.6 Å². The Hall–Kier alpha value is -1.06. The molecule has 2 atom stereocenters. The van der Waals surface area contributed by atoms with Crippen LogP contribution in [0.5, 0.6) is 0 Å². The summed E-state index contributed by atoms with van der Waals surface area (Å²) in [5, 5.41) is 7.13. The van der Waals surface area contributed by atoms with Crippen LogP contribution in [0.3, 0.4) is 0 Å². The van der Waals surface area contributed by atoms with Gasteiger partial charge in [0.05, 0.1) is 11.5 Å². The normalized spacial score (nSPS) is 24.2. The minimum Gasteiger partial charge on any atom is -0.349 e. The Morgan fingerprint density at radius 3 is 2.68 bits per heavy atom. The van der Waals surface area contributed by atoms with Crippen LogP contribution in [0.15, 0.2) is 24.3 Å². The predicted molar refractivity (Wildman–Crippen MR) is 78.2 cm³/mol. The van der Waals surface area contributed by atoms with Gasteiger partial charge in [-0.1, -0.05) is 30.7 Å². The molecule has 0 radical (unpaired) electrons. The van der Waals surface area contributed by atoms with Crippen molar-refractivity contribution in [3.8, 4) is 0 Å². The maximum atomic E-state index is 12.5. The molecule has 1 aliphatic rings. The van der Waals surface area contributed by atoms with Crippen LogP contribution in [0, 0.1) is 5.41 Å². The van der Waals surface area contributed by atoms with Gasteiger partial charge in [-0.15, -0.1) is 0 Å². The number of hydrogen-bond acceptors (Lipinski definition) is 2. The first kappa shape index (κ1) is 14.4. The molecule has 4 heteroatoms. The highest BCUT2D eigenvalue weighted by Gasteiger charge is 2.39. The molecule has 3 nitrogen and oxygen atoms in total. The Balaban J connectivity index is 2.04. The van der Waals surface area contributed by atoms with Crippen LogP contribution < -0.4 is 10.6 Å². The van der Waals surface area contributed by atoms with Crippen molar-refractivity contribution in [2.45, 2.75) is 32.7 Å². The molecule has 104 valence electrons. The SMILES string of the molecule is CCC1(C(=O)N[C@H](C)c2ccc(Cl)cc2)CCNC1. The standard InChI is InChI=1S/C15H21ClN2O/c1-3-15(8-9-17-10-15)14(19)18-11(2)12-4-6-13(16)7-5-12/h4-7,11,17H,3,8-10H2,1-2H3,(H,18,19)/t11-,15?/m1/s1. The molecule has 1 aliphatic heterocycles. The predicted octanol–water partition coefficient (Wildman–Crippen LogP) is 2.91. The van der Waals surface area contributed by atoms with Gasteiger partial charge in [0.15, 0.2) is 0 Å². The zero-order chi connectivity index (χ0) is 13.9. The lowest BCUT2D eigenvalue weighted by molar-refractivity contribution is -0.131. The average Bonchev–Trinajstić information content (AvgIpc) is 2.89. The molecule has 0 aliphatic carbocycles. The number of hydrogen-bond donors (Lipinski definition) is 2. The zero-order valence-corrected chi connectivity index (χ0v) is 12.3. The van der Waals surface area contributed by atoms with Crippen molar-refractivity contribution in [2.75, 3.05) is 13.1 Å². The molecule has 19 heavy (non-hydrogen) atoms. The van der Waals surface area contributed by atoms with Gasteiger partial charge in [-0.05, 0) is 44.0 Å². The fraction of sp³-hybridized carbons (Fsp3) is 0.533. The molecular formula is C15H21ClN2O. The molecule has 1 fully saturated rings. The van der Waals surface area contributed by atoms with E-state index in [0.717, 1.165) is 31.5 Å². The molecule has 1 aromatic rings. The molecule has 1 aromatic carbocycles. The van der Waals surface area contributed by atoms with Crippen LogP contribution in [0.4, 0.5) is 0 Å². The highest BCUT2D eigenvalue weighted by Crippen LogP contribution is 2.30. The van der Waals surface area contributed by atoms with Gasteiger partial charge in [-0.2, -0.15) is 0 Å². The molecule has 1 heterocycles. The minimum absolute atomic E-state index is 0.00814. The third-order valence-corrected chi connectivity index (χ3v) is 4.37. The monoisotopic (exact) mass is 280 g/mol. The second kappa shape index (κ2) is 5.93. The van der Waals surface area contributed by atoms with Gasteiger partial charge in [0.2, 0.25) is 5.91 Å². The van der Waals surface area contributed by atoms with Crippen molar-refractivity contribution in [1.82, 2.24) is 10.6 Å². The van der Waals surface area contributed by atoms with Gasteiger partial charge in [0.1, 0.15) is 0 Å². The summed E-state index contributed by atoms with van der Waals surface area (Å²) in [6.45, 7) is 5.80. The van der Waals surface area contributed by atoms with Crippen LogP contribution in [0.1, 0.15) is 38.3 Å². The van der Waals surface area contributed by atoms with E-state index >= 15 is 0 Å². The lowest BCUT2D eigenvalue weighted by Crippen LogP contribution is -2.43. The van der Waals surface area contributed by atoms with Gasteiger partial charge >= 0.3 is 0 Å². The van der Waals surface area contributed by atoms with E-state index in [1.165, 1.54) is 0 Å². The maximum Gasteiger partial charge on any atom is 0.228 e. The molecular weight excluding hydrogens is 260 g/mol. The number of benzene rings is 1. The van der Waals surface area contributed by atoms with Crippen molar-refractivity contribution >= 4 is 17.5 Å². The Kier molecular flexibility index (Phi) is 4.48. The number of rotatable bonds is 4. The van der Waals surface area contributed by atoms with E-state index in [1.54, 1.807) is 0 Å². The van der Waals surface area contributed by atoms with E-state index in [1.807, 2.05) is 31.2 Å². The summed E-state index contributed by atoms with van der Waals surface area (Å²) >= 11 is 5.87. The Labute approximate surface area is 119 Å². The number of carbonyl (C=O) groups excluding carboxylic acids is 1. The molecule has 0 bridgehead atoms. The summed E-state index contributed by atoms with van der Waals surface area (Å²) in [5.41, 5.74) is 0.843. The van der Waals surface area contributed by atoms with Gasteiger partial charge < -0.3 is 10.6 Å². The molecule has 1 saturated heterocycles. The molecule has 1 unspecified atom stereocenters. The van der Waals surface area contributed by atoms with Crippen LogP contribution in [-0.2, 0) is 4.79 Å². The smallest absolute Gasteiger partial charge is 0.228 e. The first-order chi connectivity index (χ1) is 9.07. The minimum atomic E-state index is -0.235. The fourth-order valence-corrected chi connectivity index (χ4v) is 2.71. The van der Waals surface area contributed by atoms with E-state index < -0.39 is 0 Å². The third kappa shape index (κ3) is 3.10. The summed E-state index contributed by atoms with van der Waals surface area (Å²) < 4.78 is 0. The van der Waals surface area contributed by atoms with E-state index in [0.29, 0.717) is 5.02 Å². The molecule has 2 rings (SSSR count). The summed E-state index contributed by atoms with van der Waals surface area (Å²) in [5.74, 6) is 0.155. The summed E-state index contributed by atoms with van der Waals surface area (Å²) in [4.78, 5) is 12.5. The second-order valence-electron chi connectivity index (χ2n) is 5.31.